The molecular formula is C9H18O2. The van der Waals surface area contributed by atoms with Crippen molar-refractivity contribution in [1.29, 1.82) is 0 Å². The zero-order valence-corrected chi connectivity index (χ0v) is 7.30. The summed E-state index contributed by atoms with van der Waals surface area (Å²) in [6.45, 7) is 4.26. The predicted molar refractivity (Wildman–Crippen MR) is 45.3 cm³/mol. The molecule has 11 heavy (non-hydrogen) atoms. The summed E-state index contributed by atoms with van der Waals surface area (Å²) in [5, 5.41) is 0. The van der Waals surface area contributed by atoms with Crippen LogP contribution in [0.4, 0.5) is 0 Å². The molecule has 0 radical (unpaired) electrons. The van der Waals surface area contributed by atoms with Crippen molar-refractivity contribution in [3.63, 3.8) is 0 Å². The number of hydrogen-bond acceptors (Lipinski definition) is 2. The van der Waals surface area contributed by atoms with E-state index in [1.54, 1.807) is 0 Å². The lowest BCUT2D eigenvalue weighted by atomic mass is 10.1. The van der Waals surface area contributed by atoms with Gasteiger partial charge >= 0.3 is 5.97 Å². The van der Waals surface area contributed by atoms with E-state index >= 15 is 0 Å². The lowest BCUT2D eigenvalue weighted by Crippen LogP contribution is -2.11. The van der Waals surface area contributed by atoms with E-state index in [1.807, 2.05) is 13.8 Å². The lowest BCUT2D eigenvalue weighted by molar-refractivity contribution is -0.144. The van der Waals surface area contributed by atoms with Crippen molar-refractivity contribution < 1.29 is 12.3 Å². The Labute approximate surface area is 71.7 Å². The maximum Gasteiger partial charge on any atom is 0.305 e. The molecular weight excluding hydrogens is 140 g/mol. The molecule has 0 spiro atoms. The van der Waals surface area contributed by atoms with Crippen LogP contribution in [0.2, 0.25) is 0 Å². The number of carbonyl (C=O) groups excluding carboxylic acids is 1. The first-order chi connectivity index (χ1) is 6.15. The van der Waals surface area contributed by atoms with Gasteiger partial charge in [-0.2, -0.15) is 0 Å². The molecule has 0 aromatic heterocycles. The van der Waals surface area contributed by atoms with Gasteiger partial charge in [-0.15, -0.1) is 0 Å². The Balaban J connectivity index is 3.68. The maximum atomic E-state index is 11.0. The molecule has 0 saturated carbocycles. The van der Waals surface area contributed by atoms with Crippen molar-refractivity contribution >= 4 is 5.97 Å². The highest BCUT2D eigenvalue weighted by atomic mass is 16.5. The highest BCUT2D eigenvalue weighted by molar-refractivity contribution is 5.68. The van der Waals surface area contributed by atoms with E-state index in [1.165, 1.54) is 0 Å². The Morgan fingerprint density at radius 3 is 2.73 bits per heavy atom. The minimum atomic E-state index is -1.03. The van der Waals surface area contributed by atoms with E-state index in [0.717, 1.165) is 12.8 Å². The minimum absolute atomic E-state index is 0.220. The molecule has 0 amide bonds. The van der Waals surface area contributed by atoms with E-state index in [4.69, 9.17) is 7.48 Å². The zero-order chi connectivity index (χ0) is 10.3. The molecule has 2 nitrogen and oxygen atoms in total. The van der Waals surface area contributed by atoms with Crippen LogP contribution < -0.4 is 0 Å². The van der Waals surface area contributed by atoms with E-state index in [2.05, 4.69) is 0 Å². The third-order valence-corrected chi connectivity index (χ3v) is 1.78. The van der Waals surface area contributed by atoms with Crippen LogP contribution in [0.5, 0.6) is 0 Å². The summed E-state index contributed by atoms with van der Waals surface area (Å²) >= 11 is 0. The van der Waals surface area contributed by atoms with Gasteiger partial charge in [0, 0.05) is 9.14 Å². The molecule has 0 heterocycles. The van der Waals surface area contributed by atoms with Gasteiger partial charge < -0.3 is 4.74 Å². The summed E-state index contributed by atoms with van der Waals surface area (Å²) in [7, 11) is 0. The molecule has 0 aliphatic rings. The second kappa shape index (κ2) is 6.20. The Kier molecular flexibility index (Phi) is 4.02. The molecule has 1 atom stereocenters. The second-order valence-corrected chi connectivity index (χ2v) is 2.52. The van der Waals surface area contributed by atoms with E-state index in [9.17, 15) is 4.79 Å². The molecule has 0 aliphatic heterocycles. The van der Waals surface area contributed by atoms with Gasteiger partial charge in [-0.1, -0.05) is 33.6 Å². The summed E-state index contributed by atoms with van der Waals surface area (Å²) in [6, 6.07) is 0. The van der Waals surface area contributed by atoms with E-state index < -0.39 is 12.4 Å². The van der Waals surface area contributed by atoms with E-state index in [-0.39, 0.29) is 6.90 Å². The zero-order valence-electron chi connectivity index (χ0n) is 9.30. The molecule has 0 N–H and O–H groups in total. The largest absolute Gasteiger partial charge is 0.465 e. The van der Waals surface area contributed by atoms with Crippen LogP contribution in [0.1, 0.15) is 42.7 Å². The van der Waals surface area contributed by atoms with Crippen LogP contribution in [0, 0.1) is 5.92 Å². The van der Waals surface area contributed by atoms with Crippen molar-refractivity contribution in [2.24, 2.45) is 5.92 Å². The van der Waals surface area contributed by atoms with Crippen LogP contribution in [-0.2, 0) is 9.53 Å². The van der Waals surface area contributed by atoms with Gasteiger partial charge in [0.2, 0.25) is 0 Å². The quantitative estimate of drug-likeness (QED) is 0.577. The molecule has 0 aliphatic carbocycles. The second-order valence-electron chi connectivity index (χ2n) is 2.52. The fourth-order valence-corrected chi connectivity index (χ4v) is 0.783. The summed E-state index contributed by atoms with van der Waals surface area (Å²) in [4.78, 5) is 11.0. The highest BCUT2D eigenvalue weighted by Gasteiger charge is 2.05. The van der Waals surface area contributed by atoms with E-state index in [0.29, 0.717) is 12.5 Å². The summed E-state index contributed by atoms with van der Waals surface area (Å²) in [5.41, 5.74) is 0. The van der Waals surface area contributed by atoms with Gasteiger partial charge in [-0.3, -0.25) is 4.79 Å². The average molecular weight is 160 g/mol. The summed E-state index contributed by atoms with van der Waals surface area (Å²) in [6.07, 6.45) is 0.926. The van der Waals surface area contributed by atoms with Crippen LogP contribution in [0.15, 0.2) is 0 Å². The monoisotopic (exact) mass is 160 g/mol. The van der Waals surface area contributed by atoms with Crippen LogP contribution in [-0.4, -0.2) is 12.6 Å². The number of hydrogen-bond donors (Lipinski definition) is 0. The number of carbonyl (C=O) groups is 1. The molecule has 0 aromatic carbocycles. The number of esters is 1. The van der Waals surface area contributed by atoms with Crippen LogP contribution in [0.25, 0.3) is 0 Å². The van der Waals surface area contributed by atoms with Gasteiger partial charge in [0.25, 0.3) is 0 Å². The lowest BCUT2D eigenvalue weighted by Gasteiger charge is -2.11. The third kappa shape index (κ3) is 4.82. The maximum absolute atomic E-state index is 11.0. The van der Waals surface area contributed by atoms with Crippen LogP contribution in [0.3, 0.4) is 0 Å². The Morgan fingerprint density at radius 1 is 1.64 bits per heavy atom. The minimum Gasteiger partial charge on any atom is -0.465 e. The molecule has 2 heteroatoms. The molecule has 1 unspecified atom stereocenters. The SMILES string of the molecule is [2H]CC([2H])C(=O)OCC(CC)CC. The molecule has 0 rings (SSSR count). The van der Waals surface area contributed by atoms with Gasteiger partial charge in [0.05, 0.1) is 6.61 Å². The van der Waals surface area contributed by atoms with Gasteiger partial charge in [-0.05, 0) is 5.92 Å². The fraction of sp³-hybridized carbons (Fsp3) is 0.889. The summed E-state index contributed by atoms with van der Waals surface area (Å²) in [5.74, 6) is -0.177. The Hall–Kier alpha value is -0.530. The molecule has 0 aromatic rings. The van der Waals surface area contributed by atoms with Crippen molar-refractivity contribution in [2.45, 2.75) is 40.0 Å². The van der Waals surface area contributed by atoms with Crippen molar-refractivity contribution in [2.75, 3.05) is 6.61 Å². The van der Waals surface area contributed by atoms with Gasteiger partial charge in [0.15, 0.2) is 0 Å². The molecule has 0 fully saturated rings. The Morgan fingerprint density at radius 2 is 2.27 bits per heavy atom. The van der Waals surface area contributed by atoms with Gasteiger partial charge in [0.1, 0.15) is 0 Å². The van der Waals surface area contributed by atoms with Crippen molar-refractivity contribution in [1.82, 2.24) is 0 Å². The average Bonchev–Trinajstić information content (AvgIpc) is 2.17. The first-order valence-electron chi connectivity index (χ1n) is 5.32. The third-order valence-electron chi connectivity index (χ3n) is 1.78. The van der Waals surface area contributed by atoms with Crippen molar-refractivity contribution in [3.05, 3.63) is 0 Å². The number of rotatable bonds is 5. The summed E-state index contributed by atoms with van der Waals surface area (Å²) < 4.78 is 18.8. The fourth-order valence-electron chi connectivity index (χ4n) is 0.783. The van der Waals surface area contributed by atoms with Crippen molar-refractivity contribution in [3.8, 4) is 0 Å². The number of ether oxygens (including phenoxy) is 1. The predicted octanol–water partition coefficient (Wildman–Crippen LogP) is 2.38. The smallest absolute Gasteiger partial charge is 0.305 e. The molecule has 0 bridgehead atoms. The first-order valence-corrected chi connectivity index (χ1v) is 4.03. The van der Waals surface area contributed by atoms with Crippen LogP contribution >= 0.6 is 0 Å². The van der Waals surface area contributed by atoms with Gasteiger partial charge in [-0.25, -0.2) is 0 Å². The standard InChI is InChI=1S/C9H18O2/c1-4-8(5-2)7-11-9(10)6-3/h8H,4-7H2,1-3H3/i3D,6D. The topological polar surface area (TPSA) is 26.3 Å². The normalized spacial score (nSPS) is 15.5. The molecule has 66 valence electrons. The Bertz CT molecular complexity index is 147. The molecule has 0 saturated heterocycles. The highest BCUT2D eigenvalue weighted by Crippen LogP contribution is 2.07. The first kappa shape index (κ1) is 7.14.